The first-order valence-corrected chi connectivity index (χ1v) is 6.32. The minimum absolute atomic E-state index is 0. The van der Waals surface area contributed by atoms with E-state index >= 15 is 0 Å². The van der Waals surface area contributed by atoms with E-state index in [-0.39, 0.29) is 36.0 Å². The monoisotopic (exact) mass is 258 g/mol. The average Bonchev–Trinajstić information content (AvgIpc) is 2.32. The number of carboxylic acids is 1. The maximum Gasteiger partial charge on any atom is 1.00 e. The van der Waals surface area contributed by atoms with E-state index in [0.717, 1.165) is 12.0 Å². The summed E-state index contributed by atoms with van der Waals surface area (Å²) < 4.78 is 0. The summed E-state index contributed by atoms with van der Waals surface area (Å²) in [5.41, 5.74) is 2.23. The standard InChI is InChI=1S/C15H24O2.Na/c1-4-7-8-9-13(5-2)12-14(6-3)10-11-15(16)17;/h5-6,12H,3-4,7-11H2,1-2H3,(H,16,17);/q;+1/p-1/b13-5-,14-12+;. The fourth-order valence-corrected chi connectivity index (χ4v) is 1.60. The second-order valence-corrected chi connectivity index (χ2v) is 4.12. The predicted molar refractivity (Wildman–Crippen MR) is 70.4 cm³/mol. The molecule has 0 amide bonds. The molecule has 3 heteroatoms. The fourth-order valence-electron chi connectivity index (χ4n) is 1.60. The Kier molecular flexibility index (Phi) is 14.6. The van der Waals surface area contributed by atoms with Crippen LogP contribution in [0.1, 0.15) is 52.4 Å². The van der Waals surface area contributed by atoms with Crippen LogP contribution in [0.15, 0.2) is 36.0 Å². The van der Waals surface area contributed by atoms with Gasteiger partial charge in [-0.05, 0) is 38.2 Å². The molecule has 0 fully saturated rings. The average molecular weight is 258 g/mol. The third kappa shape index (κ3) is 10.8. The first-order valence-electron chi connectivity index (χ1n) is 6.32. The largest absolute Gasteiger partial charge is 1.00 e. The Morgan fingerprint density at radius 2 is 1.83 bits per heavy atom. The van der Waals surface area contributed by atoms with Gasteiger partial charge in [-0.1, -0.05) is 50.1 Å². The van der Waals surface area contributed by atoms with Gasteiger partial charge >= 0.3 is 29.6 Å². The van der Waals surface area contributed by atoms with Crippen molar-refractivity contribution >= 4 is 5.97 Å². The van der Waals surface area contributed by atoms with Gasteiger partial charge < -0.3 is 9.90 Å². The van der Waals surface area contributed by atoms with E-state index in [4.69, 9.17) is 0 Å². The van der Waals surface area contributed by atoms with Gasteiger partial charge in [-0.15, -0.1) is 0 Å². The Morgan fingerprint density at radius 3 is 2.28 bits per heavy atom. The number of carbonyl (C=O) groups is 1. The van der Waals surface area contributed by atoms with Crippen molar-refractivity contribution in [3.05, 3.63) is 36.0 Å². The van der Waals surface area contributed by atoms with Crippen molar-refractivity contribution in [2.45, 2.75) is 52.4 Å². The number of rotatable bonds is 9. The second kappa shape index (κ2) is 13.1. The Labute approximate surface area is 133 Å². The number of allylic oxidation sites excluding steroid dienone is 5. The molecule has 0 saturated carbocycles. The number of hydrogen-bond donors (Lipinski definition) is 0. The van der Waals surface area contributed by atoms with Crippen molar-refractivity contribution in [1.82, 2.24) is 0 Å². The van der Waals surface area contributed by atoms with Crippen LogP contribution in [0.4, 0.5) is 0 Å². The fraction of sp³-hybridized carbons (Fsp3) is 0.533. The first-order chi connectivity index (χ1) is 8.13. The minimum atomic E-state index is -1.01. The summed E-state index contributed by atoms with van der Waals surface area (Å²) in [5.74, 6) is -1.01. The van der Waals surface area contributed by atoms with Gasteiger partial charge in [0.05, 0.1) is 0 Å². The zero-order valence-electron chi connectivity index (χ0n) is 12.0. The quantitative estimate of drug-likeness (QED) is 0.336. The Bertz CT molecular complexity index is 304. The normalized spacial score (nSPS) is 11.9. The zero-order valence-corrected chi connectivity index (χ0v) is 14.0. The molecule has 0 aromatic carbocycles. The maximum atomic E-state index is 10.4. The Balaban J connectivity index is 0. The minimum Gasteiger partial charge on any atom is -0.550 e. The van der Waals surface area contributed by atoms with Crippen LogP contribution < -0.4 is 34.7 Å². The molecule has 0 unspecified atom stereocenters. The maximum absolute atomic E-state index is 10.4. The Hall–Kier alpha value is -0.310. The Morgan fingerprint density at radius 1 is 1.17 bits per heavy atom. The molecule has 0 N–H and O–H groups in total. The van der Waals surface area contributed by atoms with Crippen LogP contribution in [0.3, 0.4) is 0 Å². The van der Waals surface area contributed by atoms with Gasteiger partial charge in [-0.25, -0.2) is 0 Å². The summed E-state index contributed by atoms with van der Waals surface area (Å²) in [5, 5.41) is 10.4. The summed E-state index contributed by atoms with van der Waals surface area (Å²) in [7, 11) is 0. The van der Waals surface area contributed by atoms with Crippen LogP contribution in [0, 0.1) is 0 Å². The van der Waals surface area contributed by atoms with Crippen molar-refractivity contribution in [1.29, 1.82) is 0 Å². The van der Waals surface area contributed by atoms with Gasteiger partial charge in [-0.2, -0.15) is 0 Å². The van der Waals surface area contributed by atoms with E-state index < -0.39 is 5.97 Å². The molecule has 2 nitrogen and oxygen atoms in total. The molecule has 0 radical (unpaired) electrons. The van der Waals surface area contributed by atoms with Gasteiger partial charge in [0.2, 0.25) is 0 Å². The second-order valence-electron chi connectivity index (χ2n) is 4.12. The van der Waals surface area contributed by atoms with Gasteiger partial charge in [0.1, 0.15) is 0 Å². The molecule has 0 spiro atoms. The van der Waals surface area contributed by atoms with E-state index in [9.17, 15) is 9.90 Å². The third-order valence-corrected chi connectivity index (χ3v) is 2.69. The molecular formula is C15H23NaO2. The molecular weight excluding hydrogens is 235 g/mol. The van der Waals surface area contributed by atoms with Crippen LogP contribution in [0.25, 0.3) is 0 Å². The van der Waals surface area contributed by atoms with E-state index in [1.807, 2.05) is 13.0 Å². The van der Waals surface area contributed by atoms with Crippen LogP contribution in [0.5, 0.6) is 0 Å². The molecule has 0 rings (SSSR count). The van der Waals surface area contributed by atoms with E-state index in [2.05, 4.69) is 19.6 Å². The van der Waals surface area contributed by atoms with Crippen LogP contribution in [0.2, 0.25) is 0 Å². The number of aliphatic carboxylic acids is 1. The summed E-state index contributed by atoms with van der Waals surface area (Å²) in [6.07, 6.45) is 11.1. The summed E-state index contributed by atoms with van der Waals surface area (Å²) in [6.45, 7) is 7.91. The van der Waals surface area contributed by atoms with Gasteiger partial charge in [0.15, 0.2) is 0 Å². The number of hydrogen-bond acceptors (Lipinski definition) is 2. The summed E-state index contributed by atoms with van der Waals surface area (Å²) in [6, 6.07) is 0. The summed E-state index contributed by atoms with van der Waals surface area (Å²) >= 11 is 0. The third-order valence-electron chi connectivity index (χ3n) is 2.69. The van der Waals surface area contributed by atoms with E-state index in [0.29, 0.717) is 6.42 Å². The van der Waals surface area contributed by atoms with Crippen LogP contribution in [-0.2, 0) is 4.79 Å². The van der Waals surface area contributed by atoms with E-state index in [1.165, 1.54) is 24.8 Å². The molecule has 96 valence electrons. The van der Waals surface area contributed by atoms with Crippen LogP contribution >= 0.6 is 0 Å². The molecule has 0 aliphatic carbocycles. The van der Waals surface area contributed by atoms with Crippen molar-refractivity contribution in [2.24, 2.45) is 0 Å². The van der Waals surface area contributed by atoms with E-state index in [1.54, 1.807) is 6.08 Å². The van der Waals surface area contributed by atoms with Gasteiger partial charge in [0, 0.05) is 5.97 Å². The topological polar surface area (TPSA) is 40.1 Å². The molecule has 18 heavy (non-hydrogen) atoms. The molecule has 0 bridgehead atoms. The molecule has 0 aromatic heterocycles. The molecule has 0 aliphatic heterocycles. The van der Waals surface area contributed by atoms with Crippen molar-refractivity contribution in [3.63, 3.8) is 0 Å². The van der Waals surface area contributed by atoms with Crippen molar-refractivity contribution < 1.29 is 39.5 Å². The number of carbonyl (C=O) groups excluding carboxylic acids is 1. The van der Waals surface area contributed by atoms with Crippen LogP contribution in [-0.4, -0.2) is 5.97 Å². The molecule has 0 aliphatic rings. The molecule has 0 saturated heterocycles. The SMILES string of the molecule is C=C/C(=C\C(=C/C)CCCCC)CCC(=O)[O-].[Na+]. The predicted octanol–water partition coefficient (Wildman–Crippen LogP) is 0.159. The first kappa shape index (κ1) is 20.0. The van der Waals surface area contributed by atoms with Gasteiger partial charge in [0.25, 0.3) is 0 Å². The zero-order chi connectivity index (χ0) is 13.1. The number of carboxylic acid groups (broad SMARTS) is 1. The number of unbranched alkanes of at least 4 members (excludes halogenated alkanes) is 2. The molecule has 0 aromatic rings. The van der Waals surface area contributed by atoms with Crippen molar-refractivity contribution in [2.75, 3.05) is 0 Å². The van der Waals surface area contributed by atoms with Gasteiger partial charge in [-0.3, -0.25) is 0 Å². The smallest absolute Gasteiger partial charge is 0.550 e. The molecule has 0 heterocycles. The summed E-state index contributed by atoms with van der Waals surface area (Å²) in [4.78, 5) is 10.4. The molecule has 0 atom stereocenters. The van der Waals surface area contributed by atoms with Crippen molar-refractivity contribution in [3.8, 4) is 0 Å².